The van der Waals surface area contributed by atoms with Crippen LogP contribution >= 0.6 is 31.9 Å². The van der Waals surface area contributed by atoms with E-state index in [-0.39, 0.29) is 18.0 Å². The maximum absolute atomic E-state index is 12.0. The van der Waals surface area contributed by atoms with Crippen LogP contribution in [0.4, 0.5) is 0 Å². The van der Waals surface area contributed by atoms with Gasteiger partial charge in [-0.3, -0.25) is 9.59 Å². The maximum atomic E-state index is 12.0. The molecular formula is C13H14Br2O2. The fourth-order valence-corrected chi connectivity index (χ4v) is 2.93. The van der Waals surface area contributed by atoms with Gasteiger partial charge >= 0.3 is 0 Å². The number of hydrogen-bond acceptors (Lipinski definition) is 2. The van der Waals surface area contributed by atoms with E-state index in [9.17, 15) is 9.59 Å². The first kappa shape index (κ1) is 14.6. The lowest BCUT2D eigenvalue weighted by Gasteiger charge is -2.05. The molecule has 1 rings (SSSR count). The Kier molecular flexibility index (Phi) is 6.06. The highest BCUT2D eigenvalue weighted by Gasteiger charge is 2.16. The maximum Gasteiger partial charge on any atom is 0.172 e. The Labute approximate surface area is 118 Å². The highest BCUT2D eigenvalue weighted by atomic mass is 79.9. The van der Waals surface area contributed by atoms with Crippen molar-refractivity contribution < 1.29 is 9.59 Å². The average Bonchev–Trinajstić information content (AvgIpc) is 2.26. The van der Waals surface area contributed by atoms with Crippen LogP contribution in [0.15, 0.2) is 27.1 Å². The number of rotatable bonds is 6. The number of unbranched alkanes of at least 4 members (excludes halogenated alkanes) is 1. The Morgan fingerprint density at radius 3 is 2.29 bits per heavy atom. The van der Waals surface area contributed by atoms with E-state index in [1.807, 2.05) is 13.0 Å². The summed E-state index contributed by atoms with van der Waals surface area (Å²) in [7, 11) is 0. The van der Waals surface area contributed by atoms with Crippen LogP contribution in [-0.2, 0) is 4.79 Å². The molecule has 0 heterocycles. The van der Waals surface area contributed by atoms with Gasteiger partial charge in [0.1, 0.15) is 5.78 Å². The number of Topliss-reactive ketones (excluding diaryl/α,β-unsaturated/α-hetero) is 2. The summed E-state index contributed by atoms with van der Waals surface area (Å²) in [5.74, 6) is -0.120. The second-order valence-electron chi connectivity index (χ2n) is 3.84. The molecule has 0 bridgehead atoms. The molecule has 0 aromatic heterocycles. The molecule has 0 atom stereocenters. The predicted molar refractivity (Wildman–Crippen MR) is 75.3 cm³/mol. The fraction of sp³-hybridized carbons (Fsp3) is 0.385. The molecule has 0 amide bonds. The van der Waals surface area contributed by atoms with Crippen LogP contribution in [0, 0.1) is 0 Å². The van der Waals surface area contributed by atoms with Crippen molar-refractivity contribution in [1.29, 1.82) is 0 Å². The number of carbonyl (C=O) groups is 2. The largest absolute Gasteiger partial charge is 0.299 e. The summed E-state index contributed by atoms with van der Waals surface area (Å²) >= 11 is 6.66. The van der Waals surface area contributed by atoms with Gasteiger partial charge in [-0.25, -0.2) is 0 Å². The van der Waals surface area contributed by atoms with Gasteiger partial charge in [-0.05, 0) is 18.6 Å². The van der Waals surface area contributed by atoms with Gasteiger partial charge in [0.2, 0.25) is 0 Å². The van der Waals surface area contributed by atoms with Crippen LogP contribution in [0.1, 0.15) is 43.0 Å². The molecule has 0 fully saturated rings. The van der Waals surface area contributed by atoms with Crippen LogP contribution in [-0.4, -0.2) is 11.6 Å². The van der Waals surface area contributed by atoms with Crippen molar-refractivity contribution in [2.45, 2.75) is 32.6 Å². The van der Waals surface area contributed by atoms with Crippen LogP contribution in [0.3, 0.4) is 0 Å². The van der Waals surface area contributed by atoms with Gasteiger partial charge in [-0.2, -0.15) is 0 Å². The average molecular weight is 362 g/mol. The van der Waals surface area contributed by atoms with Gasteiger partial charge in [-0.15, -0.1) is 0 Å². The van der Waals surface area contributed by atoms with E-state index in [1.54, 1.807) is 12.1 Å². The normalized spacial score (nSPS) is 10.3. The quantitative estimate of drug-likeness (QED) is 0.550. The fourth-order valence-electron chi connectivity index (χ4n) is 1.49. The van der Waals surface area contributed by atoms with Crippen molar-refractivity contribution in [2.75, 3.05) is 0 Å². The van der Waals surface area contributed by atoms with Crippen molar-refractivity contribution >= 4 is 43.4 Å². The van der Waals surface area contributed by atoms with Crippen LogP contribution in [0.5, 0.6) is 0 Å². The molecule has 1 aromatic carbocycles. The molecule has 0 N–H and O–H groups in total. The zero-order valence-corrected chi connectivity index (χ0v) is 12.8. The van der Waals surface area contributed by atoms with Gasteiger partial charge in [0.25, 0.3) is 0 Å². The van der Waals surface area contributed by atoms with Gasteiger partial charge in [0.15, 0.2) is 5.78 Å². The van der Waals surface area contributed by atoms with Crippen LogP contribution < -0.4 is 0 Å². The van der Waals surface area contributed by atoms with Crippen molar-refractivity contribution in [3.8, 4) is 0 Å². The zero-order valence-electron chi connectivity index (χ0n) is 9.63. The Balaban J connectivity index is 2.73. The summed E-state index contributed by atoms with van der Waals surface area (Å²) in [6.45, 7) is 2.03. The lowest BCUT2D eigenvalue weighted by atomic mass is 10.0. The summed E-state index contributed by atoms with van der Waals surface area (Å²) < 4.78 is 1.44. The summed E-state index contributed by atoms with van der Waals surface area (Å²) in [5.41, 5.74) is 0.553. The van der Waals surface area contributed by atoms with Crippen LogP contribution in [0.25, 0.3) is 0 Å². The van der Waals surface area contributed by atoms with E-state index in [2.05, 4.69) is 31.9 Å². The zero-order chi connectivity index (χ0) is 12.8. The Hall–Kier alpha value is -0.480. The van der Waals surface area contributed by atoms with Gasteiger partial charge in [0.05, 0.1) is 6.42 Å². The summed E-state index contributed by atoms with van der Waals surface area (Å²) in [5, 5.41) is 0. The summed E-state index contributed by atoms with van der Waals surface area (Å²) in [6, 6.07) is 5.44. The van der Waals surface area contributed by atoms with Gasteiger partial charge in [0, 0.05) is 20.9 Å². The second-order valence-corrected chi connectivity index (χ2v) is 5.55. The van der Waals surface area contributed by atoms with Gasteiger partial charge in [-0.1, -0.05) is 51.3 Å². The third-order valence-electron chi connectivity index (χ3n) is 2.41. The molecule has 0 aliphatic rings. The second kappa shape index (κ2) is 7.07. The number of ketones is 2. The molecule has 2 nitrogen and oxygen atoms in total. The highest BCUT2D eigenvalue weighted by molar-refractivity contribution is 9.11. The number of benzene rings is 1. The lowest BCUT2D eigenvalue weighted by Crippen LogP contribution is -2.09. The summed E-state index contributed by atoms with van der Waals surface area (Å²) in [6.07, 6.45) is 2.30. The molecule has 0 aliphatic heterocycles. The monoisotopic (exact) mass is 360 g/mol. The topological polar surface area (TPSA) is 34.1 Å². The number of hydrogen-bond donors (Lipinski definition) is 0. The Morgan fingerprint density at radius 1 is 1.18 bits per heavy atom. The molecule has 0 spiro atoms. The number of carbonyl (C=O) groups excluding carboxylic acids is 2. The van der Waals surface area contributed by atoms with Crippen molar-refractivity contribution in [3.63, 3.8) is 0 Å². The van der Waals surface area contributed by atoms with E-state index < -0.39 is 0 Å². The SMILES string of the molecule is CCCCC(=O)CC(=O)c1c(Br)cccc1Br. The van der Waals surface area contributed by atoms with Crippen molar-refractivity contribution in [3.05, 3.63) is 32.7 Å². The van der Waals surface area contributed by atoms with Gasteiger partial charge < -0.3 is 0 Å². The minimum Gasteiger partial charge on any atom is -0.299 e. The minimum atomic E-state index is -0.134. The van der Waals surface area contributed by atoms with E-state index in [0.717, 1.165) is 21.8 Å². The molecule has 0 aliphatic carbocycles. The first-order valence-electron chi connectivity index (χ1n) is 5.55. The van der Waals surface area contributed by atoms with E-state index in [1.165, 1.54) is 0 Å². The predicted octanol–water partition coefficient (Wildman–Crippen LogP) is 4.54. The first-order valence-corrected chi connectivity index (χ1v) is 7.13. The minimum absolute atomic E-state index is 0.0127. The molecular weight excluding hydrogens is 348 g/mol. The molecule has 1 aromatic rings. The number of halogens is 2. The lowest BCUT2D eigenvalue weighted by molar-refractivity contribution is -0.118. The molecule has 92 valence electrons. The van der Waals surface area contributed by atoms with E-state index in [4.69, 9.17) is 0 Å². The van der Waals surface area contributed by atoms with E-state index in [0.29, 0.717) is 12.0 Å². The third kappa shape index (κ3) is 4.36. The Bertz CT molecular complexity index is 407. The molecule has 17 heavy (non-hydrogen) atoms. The smallest absolute Gasteiger partial charge is 0.172 e. The summed E-state index contributed by atoms with van der Waals surface area (Å²) in [4.78, 5) is 23.5. The Morgan fingerprint density at radius 2 is 1.76 bits per heavy atom. The molecule has 4 heteroatoms. The molecule has 0 radical (unpaired) electrons. The third-order valence-corrected chi connectivity index (χ3v) is 3.73. The molecule has 0 unspecified atom stereocenters. The highest BCUT2D eigenvalue weighted by Crippen LogP contribution is 2.26. The van der Waals surface area contributed by atoms with Crippen LogP contribution in [0.2, 0.25) is 0 Å². The van der Waals surface area contributed by atoms with Crippen molar-refractivity contribution in [2.24, 2.45) is 0 Å². The first-order chi connectivity index (χ1) is 8.06. The van der Waals surface area contributed by atoms with Crippen molar-refractivity contribution in [1.82, 2.24) is 0 Å². The molecule has 0 saturated heterocycles. The molecule has 0 saturated carbocycles. The van der Waals surface area contributed by atoms with E-state index >= 15 is 0 Å². The standard InChI is InChI=1S/C13H14Br2O2/c1-2-3-5-9(16)8-12(17)13-10(14)6-4-7-11(13)15/h4,6-7H,2-3,5,8H2,1H3.